The smallest absolute Gasteiger partial charge is 0.224 e. The first kappa shape index (κ1) is 20.2. The van der Waals surface area contributed by atoms with Crippen molar-refractivity contribution in [3.63, 3.8) is 0 Å². The molecule has 1 aromatic heterocycles. The number of carbonyl (C=O) groups is 1. The van der Waals surface area contributed by atoms with E-state index < -0.39 is 15.9 Å². The summed E-state index contributed by atoms with van der Waals surface area (Å²) in [5.74, 6) is -0.212. The van der Waals surface area contributed by atoms with Crippen molar-refractivity contribution in [3.8, 4) is 0 Å². The van der Waals surface area contributed by atoms with Gasteiger partial charge in [0.2, 0.25) is 15.9 Å². The Hall–Kier alpha value is -1.54. The Kier molecular flexibility index (Phi) is 6.47. The molecule has 1 saturated heterocycles. The maximum Gasteiger partial charge on any atom is 0.224 e. The van der Waals surface area contributed by atoms with Crippen molar-refractivity contribution >= 4 is 39.1 Å². The van der Waals surface area contributed by atoms with Crippen LogP contribution in [0, 0.1) is 5.92 Å². The van der Waals surface area contributed by atoms with Crippen LogP contribution in [-0.4, -0.2) is 31.7 Å². The van der Waals surface area contributed by atoms with Crippen molar-refractivity contribution < 1.29 is 17.6 Å². The average Bonchev–Trinajstić information content (AvgIpc) is 3.17. The maximum absolute atomic E-state index is 12.8. The normalized spacial score (nSPS) is 18.4. The number of hydrogen-bond acceptors (Lipinski definition) is 4. The van der Waals surface area contributed by atoms with Gasteiger partial charge in [-0.15, -0.1) is 0 Å². The molecule has 0 bridgehead atoms. The van der Waals surface area contributed by atoms with Crippen LogP contribution in [0.15, 0.2) is 41.0 Å². The van der Waals surface area contributed by atoms with Gasteiger partial charge in [0.1, 0.15) is 5.76 Å². The molecule has 1 aliphatic heterocycles. The molecular weight excluding hydrogens is 411 g/mol. The van der Waals surface area contributed by atoms with Crippen LogP contribution in [0.25, 0.3) is 0 Å². The molecule has 0 radical (unpaired) electrons. The van der Waals surface area contributed by atoms with E-state index in [1.165, 1.54) is 10.6 Å². The number of nitrogens with zero attached hydrogens (tertiary/aromatic N) is 1. The average molecular weight is 431 g/mol. The standard InChI is InChI=1S/C18H20Cl2N2O4S/c19-16-6-1-7-17(20)15(16)12-27(24,25)22-8-2-4-13(11-22)18(23)21-10-14-5-3-9-26-14/h1,3,5-7,9,13H,2,4,8,10-12H2,(H,21,23)/t13-/m0/s1. The lowest BCUT2D eigenvalue weighted by Gasteiger charge is -2.31. The van der Waals surface area contributed by atoms with Gasteiger partial charge in [-0.3, -0.25) is 4.79 Å². The van der Waals surface area contributed by atoms with Gasteiger partial charge >= 0.3 is 0 Å². The quantitative estimate of drug-likeness (QED) is 0.760. The molecule has 2 aromatic rings. The number of rotatable bonds is 6. The van der Waals surface area contributed by atoms with E-state index >= 15 is 0 Å². The maximum atomic E-state index is 12.8. The molecule has 0 unspecified atom stereocenters. The Labute approximate surface area is 168 Å². The molecule has 1 aromatic carbocycles. The molecule has 2 heterocycles. The fourth-order valence-corrected chi connectivity index (χ4v) is 5.45. The highest BCUT2D eigenvalue weighted by Gasteiger charge is 2.33. The van der Waals surface area contributed by atoms with Crippen LogP contribution in [0.1, 0.15) is 24.2 Å². The van der Waals surface area contributed by atoms with E-state index in [1.54, 1.807) is 30.3 Å². The summed E-state index contributed by atoms with van der Waals surface area (Å²) in [6.45, 7) is 0.811. The minimum atomic E-state index is -3.64. The van der Waals surface area contributed by atoms with Crippen LogP contribution in [0.2, 0.25) is 10.0 Å². The fourth-order valence-electron chi connectivity index (χ4n) is 3.08. The van der Waals surface area contributed by atoms with Crippen molar-refractivity contribution in [3.05, 3.63) is 58.0 Å². The lowest BCUT2D eigenvalue weighted by atomic mass is 9.99. The van der Waals surface area contributed by atoms with Crippen molar-refractivity contribution in [2.24, 2.45) is 5.92 Å². The van der Waals surface area contributed by atoms with Gasteiger partial charge in [0.25, 0.3) is 0 Å². The molecule has 0 spiro atoms. The minimum absolute atomic E-state index is 0.147. The van der Waals surface area contributed by atoms with Gasteiger partial charge in [-0.25, -0.2) is 12.7 Å². The summed E-state index contributed by atoms with van der Waals surface area (Å²) in [6, 6.07) is 8.40. The van der Waals surface area contributed by atoms with E-state index in [9.17, 15) is 13.2 Å². The van der Waals surface area contributed by atoms with Crippen LogP contribution in [-0.2, 0) is 27.1 Å². The largest absolute Gasteiger partial charge is 0.467 e. The third-order valence-corrected chi connectivity index (χ3v) is 7.03. The molecule has 6 nitrogen and oxygen atoms in total. The zero-order valence-corrected chi connectivity index (χ0v) is 16.9. The lowest BCUT2D eigenvalue weighted by molar-refractivity contribution is -0.126. The molecule has 0 aliphatic carbocycles. The van der Waals surface area contributed by atoms with Crippen molar-refractivity contribution in [2.75, 3.05) is 13.1 Å². The summed E-state index contributed by atoms with van der Waals surface area (Å²) in [5.41, 5.74) is 0.380. The number of carbonyl (C=O) groups excluding carboxylic acids is 1. The Bertz CT molecular complexity index is 880. The highest BCUT2D eigenvalue weighted by molar-refractivity contribution is 7.88. The second-order valence-electron chi connectivity index (χ2n) is 6.45. The van der Waals surface area contributed by atoms with E-state index in [4.69, 9.17) is 27.6 Å². The Morgan fingerprint density at radius 1 is 1.22 bits per heavy atom. The van der Waals surface area contributed by atoms with Crippen LogP contribution >= 0.6 is 23.2 Å². The SMILES string of the molecule is O=C(NCc1ccco1)[C@H]1CCCN(S(=O)(=O)Cc2c(Cl)cccc2Cl)C1. The predicted molar refractivity (Wildman–Crippen MR) is 104 cm³/mol. The first-order valence-corrected chi connectivity index (χ1v) is 10.9. The van der Waals surface area contributed by atoms with Gasteiger partial charge in [-0.2, -0.15) is 0 Å². The summed E-state index contributed by atoms with van der Waals surface area (Å²) < 4.78 is 32.2. The van der Waals surface area contributed by atoms with Crippen LogP contribution in [0.5, 0.6) is 0 Å². The monoisotopic (exact) mass is 430 g/mol. The molecule has 1 N–H and O–H groups in total. The van der Waals surface area contributed by atoms with E-state index in [-0.39, 0.29) is 24.7 Å². The molecule has 3 rings (SSSR count). The molecule has 9 heteroatoms. The minimum Gasteiger partial charge on any atom is -0.467 e. The topological polar surface area (TPSA) is 79.6 Å². The molecule has 0 saturated carbocycles. The second kappa shape index (κ2) is 8.65. The molecule has 1 amide bonds. The van der Waals surface area contributed by atoms with Gasteiger partial charge in [-0.05, 0) is 37.1 Å². The van der Waals surface area contributed by atoms with E-state index in [2.05, 4.69) is 5.32 Å². The number of hydrogen-bond donors (Lipinski definition) is 1. The third kappa shape index (κ3) is 5.04. The number of piperidine rings is 1. The van der Waals surface area contributed by atoms with E-state index in [1.807, 2.05) is 0 Å². The molecule has 1 fully saturated rings. The third-order valence-electron chi connectivity index (χ3n) is 4.55. The fraction of sp³-hybridized carbons (Fsp3) is 0.389. The number of benzene rings is 1. The Morgan fingerprint density at radius 2 is 1.96 bits per heavy atom. The summed E-state index contributed by atoms with van der Waals surface area (Å²) in [4.78, 5) is 12.4. The van der Waals surface area contributed by atoms with Gasteiger partial charge in [0.05, 0.1) is 24.5 Å². The van der Waals surface area contributed by atoms with Crippen molar-refractivity contribution in [1.29, 1.82) is 0 Å². The van der Waals surface area contributed by atoms with Gasteiger partial charge in [-0.1, -0.05) is 29.3 Å². The van der Waals surface area contributed by atoms with Crippen molar-refractivity contribution in [2.45, 2.75) is 25.1 Å². The summed E-state index contributed by atoms with van der Waals surface area (Å²) in [7, 11) is -3.64. The van der Waals surface area contributed by atoms with Crippen LogP contribution < -0.4 is 5.32 Å². The zero-order chi connectivity index (χ0) is 19.4. The van der Waals surface area contributed by atoms with E-state index in [0.29, 0.717) is 40.8 Å². The Morgan fingerprint density at radius 3 is 2.63 bits per heavy atom. The highest BCUT2D eigenvalue weighted by atomic mass is 35.5. The summed E-state index contributed by atoms with van der Waals surface area (Å²) in [5, 5.41) is 3.43. The summed E-state index contributed by atoms with van der Waals surface area (Å²) in [6.07, 6.45) is 2.80. The second-order valence-corrected chi connectivity index (χ2v) is 9.23. The highest BCUT2D eigenvalue weighted by Crippen LogP contribution is 2.29. The molecule has 27 heavy (non-hydrogen) atoms. The molecular formula is C18H20Cl2N2O4S. The molecule has 146 valence electrons. The number of nitrogens with one attached hydrogen (secondary N) is 1. The van der Waals surface area contributed by atoms with Crippen LogP contribution in [0.4, 0.5) is 0 Å². The summed E-state index contributed by atoms with van der Waals surface area (Å²) >= 11 is 12.2. The first-order chi connectivity index (χ1) is 12.9. The number of amides is 1. The predicted octanol–water partition coefficient (Wildman–Crippen LogP) is 3.44. The zero-order valence-electron chi connectivity index (χ0n) is 14.5. The van der Waals surface area contributed by atoms with Crippen molar-refractivity contribution in [1.82, 2.24) is 9.62 Å². The first-order valence-electron chi connectivity index (χ1n) is 8.57. The van der Waals surface area contributed by atoms with E-state index in [0.717, 1.165) is 0 Å². The lowest BCUT2D eigenvalue weighted by Crippen LogP contribution is -2.45. The number of halogens is 2. The number of sulfonamides is 1. The Balaban J connectivity index is 1.64. The van der Waals surface area contributed by atoms with Crippen LogP contribution in [0.3, 0.4) is 0 Å². The van der Waals surface area contributed by atoms with Gasteiger partial charge in [0.15, 0.2) is 0 Å². The van der Waals surface area contributed by atoms with Gasteiger partial charge < -0.3 is 9.73 Å². The molecule has 1 aliphatic rings. The van der Waals surface area contributed by atoms with Gasteiger partial charge in [0, 0.05) is 28.7 Å². The number of furan rings is 1. The molecule has 1 atom stereocenters.